The maximum Gasteiger partial charge on any atom is 0.0313 e. The maximum absolute atomic E-state index is 4.20. The number of aryl methyl sites for hydroxylation is 1. The van der Waals surface area contributed by atoms with Gasteiger partial charge in [0.1, 0.15) is 0 Å². The number of hydrogen-bond acceptors (Lipinski definition) is 2. The number of nitrogens with one attached hydrogen (secondary N) is 1. The van der Waals surface area contributed by atoms with Crippen molar-refractivity contribution in [2.45, 2.75) is 39.8 Å². The Morgan fingerprint density at radius 1 is 1.00 bits per heavy atom. The minimum absolute atomic E-state index is 0.598. The van der Waals surface area contributed by atoms with Crippen LogP contribution in [0, 0.1) is 6.92 Å². The lowest BCUT2D eigenvalue weighted by molar-refractivity contribution is 0.690. The van der Waals surface area contributed by atoms with Crippen molar-refractivity contribution in [1.29, 1.82) is 0 Å². The van der Waals surface area contributed by atoms with Gasteiger partial charge in [-0.1, -0.05) is 44.2 Å². The molecule has 0 aliphatic rings. The summed E-state index contributed by atoms with van der Waals surface area (Å²) < 4.78 is 0. The third-order valence-electron chi connectivity index (χ3n) is 3.24. The molecule has 1 N–H and O–H groups in total. The summed E-state index contributed by atoms with van der Waals surface area (Å²) in [6.45, 7) is 8.27. The summed E-state index contributed by atoms with van der Waals surface area (Å²) in [6, 6.07) is 11.0. The van der Waals surface area contributed by atoms with Crippen molar-refractivity contribution in [3.05, 3.63) is 65.0 Å². The predicted octanol–water partition coefficient (Wildman–Crippen LogP) is 3.80. The van der Waals surface area contributed by atoms with Crippen molar-refractivity contribution in [2.75, 3.05) is 0 Å². The number of rotatable bonds is 5. The van der Waals surface area contributed by atoms with E-state index in [4.69, 9.17) is 0 Å². The van der Waals surface area contributed by atoms with Crippen LogP contribution >= 0.6 is 0 Å². The van der Waals surface area contributed by atoms with Crippen LogP contribution in [-0.2, 0) is 13.1 Å². The van der Waals surface area contributed by atoms with Crippen molar-refractivity contribution in [1.82, 2.24) is 10.3 Å². The molecule has 0 unspecified atom stereocenters. The molecule has 0 amide bonds. The van der Waals surface area contributed by atoms with Gasteiger partial charge in [0, 0.05) is 25.5 Å². The van der Waals surface area contributed by atoms with E-state index >= 15 is 0 Å². The molecule has 0 fully saturated rings. The first-order valence-electron chi connectivity index (χ1n) is 6.85. The Bertz CT molecular complexity index is 515. The van der Waals surface area contributed by atoms with Crippen LogP contribution in [0.2, 0.25) is 0 Å². The number of hydrogen-bond donors (Lipinski definition) is 1. The van der Waals surface area contributed by atoms with Crippen LogP contribution < -0.4 is 5.32 Å². The summed E-state index contributed by atoms with van der Waals surface area (Å²) in [5.74, 6) is 0.598. The molecule has 0 aliphatic heterocycles. The minimum atomic E-state index is 0.598. The molecular formula is C17H22N2. The average Bonchev–Trinajstić information content (AvgIpc) is 2.39. The predicted molar refractivity (Wildman–Crippen MR) is 80.0 cm³/mol. The second-order valence-corrected chi connectivity index (χ2v) is 5.37. The molecule has 100 valence electrons. The third kappa shape index (κ3) is 4.18. The SMILES string of the molecule is Cc1cncc(CNCc2ccc(C(C)C)cc2)c1. The standard InChI is InChI=1S/C17H22N2/c1-13(2)17-6-4-15(5-7-17)10-19-12-16-8-14(3)9-18-11-16/h4-9,11,13,19H,10,12H2,1-3H3. The molecule has 2 rings (SSSR count). The van der Waals surface area contributed by atoms with Crippen molar-refractivity contribution >= 4 is 0 Å². The summed E-state index contributed by atoms with van der Waals surface area (Å²) in [5.41, 5.74) is 5.16. The fourth-order valence-corrected chi connectivity index (χ4v) is 2.09. The first kappa shape index (κ1) is 13.8. The summed E-state index contributed by atoms with van der Waals surface area (Å²) in [7, 11) is 0. The summed E-state index contributed by atoms with van der Waals surface area (Å²) in [5, 5.41) is 3.45. The summed E-state index contributed by atoms with van der Waals surface area (Å²) in [6.07, 6.45) is 3.80. The van der Waals surface area contributed by atoms with Gasteiger partial charge in [-0.15, -0.1) is 0 Å². The zero-order valence-corrected chi connectivity index (χ0v) is 12.0. The molecular weight excluding hydrogens is 232 g/mol. The highest BCUT2D eigenvalue weighted by molar-refractivity contribution is 5.24. The van der Waals surface area contributed by atoms with Crippen molar-refractivity contribution < 1.29 is 0 Å². The Balaban J connectivity index is 1.85. The number of benzene rings is 1. The lowest BCUT2D eigenvalue weighted by Crippen LogP contribution is -2.12. The average molecular weight is 254 g/mol. The fourth-order valence-electron chi connectivity index (χ4n) is 2.09. The highest BCUT2D eigenvalue weighted by atomic mass is 14.8. The maximum atomic E-state index is 4.20. The van der Waals surface area contributed by atoms with Crippen LogP contribution in [0.25, 0.3) is 0 Å². The van der Waals surface area contributed by atoms with E-state index < -0.39 is 0 Å². The van der Waals surface area contributed by atoms with Gasteiger partial charge in [0.25, 0.3) is 0 Å². The van der Waals surface area contributed by atoms with E-state index in [0.717, 1.165) is 13.1 Å². The molecule has 0 saturated carbocycles. The highest BCUT2D eigenvalue weighted by Gasteiger charge is 1.99. The normalized spacial score (nSPS) is 10.9. The van der Waals surface area contributed by atoms with Gasteiger partial charge in [-0.3, -0.25) is 4.98 Å². The van der Waals surface area contributed by atoms with E-state index in [2.05, 4.69) is 61.4 Å². The Labute approximate surface area is 115 Å². The van der Waals surface area contributed by atoms with Gasteiger partial charge in [0.15, 0.2) is 0 Å². The fraction of sp³-hybridized carbons (Fsp3) is 0.353. The van der Waals surface area contributed by atoms with Crippen LogP contribution in [0.5, 0.6) is 0 Å². The van der Waals surface area contributed by atoms with Gasteiger partial charge in [-0.25, -0.2) is 0 Å². The van der Waals surface area contributed by atoms with Gasteiger partial charge in [0.05, 0.1) is 0 Å². The monoisotopic (exact) mass is 254 g/mol. The molecule has 1 aromatic heterocycles. The van der Waals surface area contributed by atoms with Crippen molar-refractivity contribution in [2.24, 2.45) is 0 Å². The first-order valence-corrected chi connectivity index (χ1v) is 6.85. The van der Waals surface area contributed by atoms with Gasteiger partial charge in [-0.05, 0) is 35.1 Å². The van der Waals surface area contributed by atoms with E-state index in [1.54, 1.807) is 0 Å². The van der Waals surface area contributed by atoms with Crippen LogP contribution in [0.4, 0.5) is 0 Å². The van der Waals surface area contributed by atoms with Crippen LogP contribution in [0.15, 0.2) is 42.7 Å². The molecule has 0 saturated heterocycles. The summed E-state index contributed by atoms with van der Waals surface area (Å²) >= 11 is 0. The van der Waals surface area contributed by atoms with E-state index in [0.29, 0.717) is 5.92 Å². The summed E-state index contributed by atoms with van der Waals surface area (Å²) in [4.78, 5) is 4.20. The Morgan fingerprint density at radius 2 is 1.68 bits per heavy atom. The topological polar surface area (TPSA) is 24.9 Å². The largest absolute Gasteiger partial charge is 0.309 e. The molecule has 19 heavy (non-hydrogen) atoms. The van der Waals surface area contributed by atoms with Gasteiger partial charge >= 0.3 is 0 Å². The zero-order valence-electron chi connectivity index (χ0n) is 12.0. The molecule has 0 spiro atoms. The zero-order chi connectivity index (χ0) is 13.7. The lowest BCUT2D eigenvalue weighted by atomic mass is 10.0. The molecule has 1 heterocycles. The van der Waals surface area contributed by atoms with E-state index in [9.17, 15) is 0 Å². The van der Waals surface area contributed by atoms with Gasteiger partial charge in [0.2, 0.25) is 0 Å². The Morgan fingerprint density at radius 3 is 2.32 bits per heavy atom. The molecule has 0 atom stereocenters. The molecule has 0 radical (unpaired) electrons. The third-order valence-corrected chi connectivity index (χ3v) is 3.24. The Kier molecular flexibility index (Phi) is 4.69. The highest BCUT2D eigenvalue weighted by Crippen LogP contribution is 2.14. The van der Waals surface area contributed by atoms with Gasteiger partial charge < -0.3 is 5.32 Å². The minimum Gasteiger partial charge on any atom is -0.309 e. The molecule has 0 bridgehead atoms. The van der Waals surface area contributed by atoms with E-state index in [-0.39, 0.29) is 0 Å². The number of aromatic nitrogens is 1. The Hall–Kier alpha value is -1.67. The molecule has 2 aromatic rings. The lowest BCUT2D eigenvalue weighted by Gasteiger charge is -2.08. The smallest absolute Gasteiger partial charge is 0.0313 e. The molecule has 2 heteroatoms. The van der Waals surface area contributed by atoms with Gasteiger partial charge in [-0.2, -0.15) is 0 Å². The second kappa shape index (κ2) is 6.48. The van der Waals surface area contributed by atoms with Crippen LogP contribution in [0.3, 0.4) is 0 Å². The quantitative estimate of drug-likeness (QED) is 0.877. The molecule has 1 aromatic carbocycles. The van der Waals surface area contributed by atoms with E-state index in [1.807, 2.05) is 12.4 Å². The molecule has 0 aliphatic carbocycles. The van der Waals surface area contributed by atoms with Crippen LogP contribution in [-0.4, -0.2) is 4.98 Å². The van der Waals surface area contributed by atoms with Crippen molar-refractivity contribution in [3.63, 3.8) is 0 Å². The van der Waals surface area contributed by atoms with E-state index in [1.165, 1.54) is 22.3 Å². The number of pyridine rings is 1. The number of nitrogens with zero attached hydrogens (tertiary/aromatic N) is 1. The van der Waals surface area contributed by atoms with Crippen molar-refractivity contribution in [3.8, 4) is 0 Å². The van der Waals surface area contributed by atoms with Crippen LogP contribution in [0.1, 0.15) is 42.0 Å². The second-order valence-electron chi connectivity index (χ2n) is 5.37. The molecule has 2 nitrogen and oxygen atoms in total. The first-order chi connectivity index (χ1) is 9.15.